The lowest BCUT2D eigenvalue weighted by Gasteiger charge is -2.54. The van der Waals surface area contributed by atoms with Gasteiger partial charge in [0.1, 0.15) is 11.4 Å². The summed E-state index contributed by atoms with van der Waals surface area (Å²) < 4.78 is 0. The maximum atomic E-state index is 12.9. The third-order valence-corrected chi connectivity index (χ3v) is 5.62. The smallest absolute Gasteiger partial charge is 0.272 e. The third kappa shape index (κ3) is 2.60. The van der Waals surface area contributed by atoms with Gasteiger partial charge in [-0.2, -0.15) is 0 Å². The summed E-state index contributed by atoms with van der Waals surface area (Å²) in [5, 5.41) is 0. The van der Waals surface area contributed by atoms with E-state index in [1.807, 2.05) is 9.80 Å². The first-order valence-corrected chi connectivity index (χ1v) is 9.05. The van der Waals surface area contributed by atoms with Crippen LogP contribution in [0.4, 0.5) is 0 Å². The predicted octanol–water partition coefficient (Wildman–Crippen LogP) is 2.58. The fourth-order valence-corrected chi connectivity index (χ4v) is 4.35. The largest absolute Gasteiger partial charge is 0.337 e. The highest BCUT2D eigenvalue weighted by Crippen LogP contribution is 2.50. The Morgan fingerprint density at radius 2 is 1.71 bits per heavy atom. The normalized spacial score (nSPS) is 25.5. The van der Waals surface area contributed by atoms with E-state index in [9.17, 15) is 9.59 Å². The molecule has 2 amide bonds. The summed E-state index contributed by atoms with van der Waals surface area (Å²) >= 11 is 0. The second-order valence-corrected chi connectivity index (χ2v) is 8.11. The number of hydrogen-bond acceptors (Lipinski definition) is 3. The predicted molar refractivity (Wildman–Crippen MR) is 90.7 cm³/mol. The van der Waals surface area contributed by atoms with E-state index in [0.717, 1.165) is 32.5 Å². The van der Waals surface area contributed by atoms with Crippen LogP contribution in [0.1, 0.15) is 60.5 Å². The Kier molecular flexibility index (Phi) is 3.62. The van der Waals surface area contributed by atoms with Gasteiger partial charge in [-0.15, -0.1) is 0 Å². The number of pyridine rings is 1. The minimum Gasteiger partial charge on any atom is -0.337 e. The maximum absolute atomic E-state index is 12.9. The Labute approximate surface area is 143 Å². The van der Waals surface area contributed by atoms with Crippen molar-refractivity contribution in [3.63, 3.8) is 0 Å². The standard InChI is InChI=1S/C19H25N3O2/c1-19(2)12-22(16(19)13-8-9-13)18(24)15-7-5-6-14(20-15)17(23)21-10-3-4-11-21/h5-7,13,16H,3-4,8-12H2,1-2H3. The highest BCUT2D eigenvalue weighted by molar-refractivity contribution is 5.97. The Balaban J connectivity index is 1.53. The minimum absolute atomic E-state index is 0.0257. The van der Waals surface area contributed by atoms with Gasteiger partial charge >= 0.3 is 0 Å². The summed E-state index contributed by atoms with van der Waals surface area (Å²) in [5.41, 5.74) is 0.992. The average molecular weight is 327 g/mol. The molecule has 2 aliphatic heterocycles. The minimum atomic E-state index is -0.0511. The molecule has 3 heterocycles. The van der Waals surface area contributed by atoms with E-state index in [0.29, 0.717) is 23.3 Å². The monoisotopic (exact) mass is 327 g/mol. The molecule has 1 aromatic heterocycles. The van der Waals surface area contributed by atoms with Crippen molar-refractivity contribution in [2.45, 2.75) is 45.6 Å². The molecule has 1 atom stereocenters. The number of nitrogens with zero attached hydrogens (tertiary/aromatic N) is 3. The van der Waals surface area contributed by atoms with E-state index in [4.69, 9.17) is 0 Å². The van der Waals surface area contributed by atoms with Gasteiger partial charge in [0.25, 0.3) is 11.8 Å². The molecule has 0 spiro atoms. The van der Waals surface area contributed by atoms with Gasteiger partial charge in [0.15, 0.2) is 0 Å². The fraction of sp³-hybridized carbons (Fsp3) is 0.632. The first-order valence-electron chi connectivity index (χ1n) is 9.05. The number of amides is 2. The van der Waals surface area contributed by atoms with Crippen LogP contribution in [0.5, 0.6) is 0 Å². The van der Waals surface area contributed by atoms with Crippen LogP contribution < -0.4 is 0 Å². The number of likely N-dealkylation sites (tertiary alicyclic amines) is 2. The van der Waals surface area contributed by atoms with Gasteiger partial charge in [0.2, 0.25) is 0 Å². The number of carbonyl (C=O) groups excluding carboxylic acids is 2. The van der Waals surface area contributed by atoms with Crippen LogP contribution >= 0.6 is 0 Å². The molecule has 0 bridgehead atoms. The van der Waals surface area contributed by atoms with E-state index in [1.54, 1.807) is 18.2 Å². The lowest BCUT2D eigenvalue weighted by molar-refractivity contribution is -0.0412. The van der Waals surface area contributed by atoms with Crippen LogP contribution in [0.2, 0.25) is 0 Å². The zero-order chi connectivity index (χ0) is 16.9. The van der Waals surface area contributed by atoms with Crippen LogP contribution in [0, 0.1) is 11.3 Å². The molecule has 1 unspecified atom stereocenters. The molecule has 0 radical (unpaired) electrons. The summed E-state index contributed by atoms with van der Waals surface area (Å²) in [6.07, 6.45) is 4.55. The number of hydrogen-bond donors (Lipinski definition) is 0. The Morgan fingerprint density at radius 1 is 1.08 bits per heavy atom. The Morgan fingerprint density at radius 3 is 2.29 bits per heavy atom. The van der Waals surface area contributed by atoms with Gasteiger partial charge in [-0.1, -0.05) is 19.9 Å². The molecule has 5 nitrogen and oxygen atoms in total. The molecule has 1 aliphatic carbocycles. The van der Waals surface area contributed by atoms with Crippen molar-refractivity contribution in [2.75, 3.05) is 19.6 Å². The summed E-state index contributed by atoms with van der Waals surface area (Å²) in [6.45, 7) is 6.84. The summed E-state index contributed by atoms with van der Waals surface area (Å²) in [5.74, 6) is 0.569. The fourth-order valence-electron chi connectivity index (χ4n) is 4.35. The first kappa shape index (κ1) is 15.6. The van der Waals surface area contributed by atoms with Gasteiger partial charge in [0, 0.05) is 31.1 Å². The van der Waals surface area contributed by atoms with Gasteiger partial charge < -0.3 is 9.80 Å². The number of carbonyl (C=O) groups is 2. The number of rotatable bonds is 3. The molecule has 5 heteroatoms. The van der Waals surface area contributed by atoms with Gasteiger partial charge in [0.05, 0.1) is 0 Å². The van der Waals surface area contributed by atoms with Crippen LogP contribution in [-0.2, 0) is 0 Å². The van der Waals surface area contributed by atoms with Crippen LogP contribution in [-0.4, -0.2) is 52.3 Å². The van der Waals surface area contributed by atoms with Crippen molar-refractivity contribution >= 4 is 11.8 Å². The highest BCUT2D eigenvalue weighted by Gasteiger charge is 2.54. The lowest BCUT2D eigenvalue weighted by atomic mass is 9.72. The average Bonchev–Trinajstić information content (AvgIpc) is 3.21. The molecule has 3 aliphatic rings. The van der Waals surface area contributed by atoms with Crippen molar-refractivity contribution in [2.24, 2.45) is 11.3 Å². The molecule has 3 fully saturated rings. The SMILES string of the molecule is CC1(C)CN(C(=O)c2cccc(C(=O)N3CCCC3)n2)C1C1CC1. The topological polar surface area (TPSA) is 53.5 Å². The Bertz CT molecular complexity index is 675. The molecule has 1 saturated carbocycles. The van der Waals surface area contributed by atoms with Gasteiger partial charge in [-0.25, -0.2) is 4.98 Å². The molecule has 24 heavy (non-hydrogen) atoms. The first-order chi connectivity index (χ1) is 11.5. The summed E-state index contributed by atoms with van der Waals surface area (Å²) in [4.78, 5) is 33.6. The second-order valence-electron chi connectivity index (χ2n) is 8.11. The zero-order valence-corrected chi connectivity index (χ0v) is 14.5. The van der Waals surface area contributed by atoms with E-state index in [-0.39, 0.29) is 17.2 Å². The molecule has 2 saturated heterocycles. The van der Waals surface area contributed by atoms with E-state index in [1.165, 1.54) is 12.8 Å². The van der Waals surface area contributed by atoms with Gasteiger partial charge in [-0.05, 0) is 43.7 Å². The summed E-state index contributed by atoms with van der Waals surface area (Å²) in [6, 6.07) is 5.55. The van der Waals surface area contributed by atoms with Crippen molar-refractivity contribution in [1.82, 2.24) is 14.8 Å². The van der Waals surface area contributed by atoms with E-state index < -0.39 is 0 Å². The zero-order valence-electron chi connectivity index (χ0n) is 14.5. The summed E-state index contributed by atoms with van der Waals surface area (Å²) in [7, 11) is 0. The molecular weight excluding hydrogens is 302 g/mol. The molecule has 0 N–H and O–H groups in total. The van der Waals surface area contributed by atoms with Crippen molar-refractivity contribution < 1.29 is 9.59 Å². The highest BCUT2D eigenvalue weighted by atomic mass is 16.2. The van der Waals surface area contributed by atoms with Crippen LogP contribution in [0.3, 0.4) is 0 Å². The molecule has 0 aromatic carbocycles. The van der Waals surface area contributed by atoms with E-state index in [2.05, 4.69) is 18.8 Å². The van der Waals surface area contributed by atoms with Gasteiger partial charge in [-0.3, -0.25) is 9.59 Å². The second kappa shape index (κ2) is 5.57. The van der Waals surface area contributed by atoms with Crippen molar-refractivity contribution in [3.8, 4) is 0 Å². The third-order valence-electron chi connectivity index (χ3n) is 5.62. The molecule has 1 aromatic rings. The quantitative estimate of drug-likeness (QED) is 0.857. The lowest BCUT2D eigenvalue weighted by Crippen LogP contribution is -2.64. The molecule has 128 valence electrons. The Hall–Kier alpha value is -1.91. The molecular formula is C19H25N3O2. The molecule has 4 rings (SSSR count). The maximum Gasteiger partial charge on any atom is 0.272 e. The van der Waals surface area contributed by atoms with Crippen LogP contribution in [0.25, 0.3) is 0 Å². The van der Waals surface area contributed by atoms with Crippen molar-refractivity contribution in [3.05, 3.63) is 29.6 Å². The van der Waals surface area contributed by atoms with Crippen LogP contribution in [0.15, 0.2) is 18.2 Å². The number of aromatic nitrogens is 1. The van der Waals surface area contributed by atoms with Crippen molar-refractivity contribution in [1.29, 1.82) is 0 Å². The van der Waals surface area contributed by atoms with E-state index >= 15 is 0 Å².